The molecule has 0 aliphatic carbocycles. The van der Waals surface area contributed by atoms with Gasteiger partial charge in [-0.05, 0) is 5.39 Å². The highest BCUT2D eigenvalue weighted by Crippen LogP contribution is 2.25. The van der Waals surface area contributed by atoms with E-state index in [0.717, 1.165) is 5.39 Å². The van der Waals surface area contributed by atoms with E-state index in [1.54, 1.807) is 18.2 Å². The third kappa shape index (κ3) is 1.75. The van der Waals surface area contributed by atoms with Crippen LogP contribution >= 0.6 is 0 Å². The highest BCUT2D eigenvalue weighted by atomic mass is 19.4. The van der Waals surface area contributed by atoms with E-state index in [2.05, 4.69) is 9.94 Å². The second kappa shape index (κ2) is 3.63. The van der Waals surface area contributed by atoms with Crippen LogP contribution in [0.15, 0.2) is 42.6 Å². The first-order valence-electron chi connectivity index (χ1n) is 5.16. The van der Waals surface area contributed by atoms with Gasteiger partial charge in [-0.2, -0.15) is 0 Å². The zero-order chi connectivity index (χ0) is 12.8. The van der Waals surface area contributed by atoms with Crippen LogP contribution in [0.2, 0.25) is 0 Å². The molecule has 3 nitrogen and oxygen atoms in total. The second-order valence-electron chi connectivity index (χ2n) is 3.78. The molecule has 0 atom stereocenters. The Balaban J connectivity index is 2.30. The standard InChI is InChI=1S/C12H7F3N2O/c13-12(14,15)18-17-11-9(7-16-17)6-5-8-3-1-2-4-10(8)11/h1-7H. The summed E-state index contributed by atoms with van der Waals surface area (Å²) in [4.78, 5) is 4.38. The number of benzene rings is 2. The first-order chi connectivity index (χ1) is 8.54. The molecule has 0 saturated heterocycles. The van der Waals surface area contributed by atoms with Crippen molar-refractivity contribution >= 4 is 21.7 Å². The Labute approximate surface area is 99.3 Å². The van der Waals surface area contributed by atoms with E-state index in [1.165, 1.54) is 6.20 Å². The van der Waals surface area contributed by atoms with Gasteiger partial charge in [0.2, 0.25) is 0 Å². The summed E-state index contributed by atoms with van der Waals surface area (Å²) in [6.45, 7) is 0. The van der Waals surface area contributed by atoms with E-state index in [0.29, 0.717) is 21.1 Å². The second-order valence-corrected chi connectivity index (χ2v) is 3.78. The van der Waals surface area contributed by atoms with Crippen molar-refractivity contribution in [1.29, 1.82) is 0 Å². The van der Waals surface area contributed by atoms with E-state index in [9.17, 15) is 13.2 Å². The van der Waals surface area contributed by atoms with Crippen molar-refractivity contribution < 1.29 is 18.0 Å². The minimum Gasteiger partial charge on any atom is -0.294 e. The Hall–Kier alpha value is -2.24. The third-order valence-corrected chi connectivity index (χ3v) is 2.61. The van der Waals surface area contributed by atoms with Gasteiger partial charge >= 0.3 is 6.36 Å². The summed E-state index contributed by atoms with van der Waals surface area (Å²) in [6, 6.07) is 10.7. The summed E-state index contributed by atoms with van der Waals surface area (Å²) in [5.41, 5.74) is 0.311. The SMILES string of the molecule is FC(F)(F)On1ncc2ccc3ccccc3c21. The molecule has 0 unspecified atom stereocenters. The van der Waals surface area contributed by atoms with Crippen molar-refractivity contribution in [1.82, 2.24) is 9.94 Å². The van der Waals surface area contributed by atoms with Gasteiger partial charge in [-0.1, -0.05) is 41.2 Å². The molecule has 1 aromatic heterocycles. The lowest BCUT2D eigenvalue weighted by Crippen LogP contribution is -2.27. The molecule has 0 bridgehead atoms. The molecule has 0 amide bonds. The van der Waals surface area contributed by atoms with Crippen LogP contribution in [0.3, 0.4) is 0 Å². The molecule has 0 saturated carbocycles. The smallest absolute Gasteiger partial charge is 0.294 e. The molecule has 0 N–H and O–H groups in total. The monoisotopic (exact) mass is 252 g/mol. The highest BCUT2D eigenvalue weighted by Gasteiger charge is 2.33. The molecule has 0 fully saturated rings. The zero-order valence-corrected chi connectivity index (χ0v) is 8.98. The van der Waals surface area contributed by atoms with Crippen LogP contribution in [0, 0.1) is 0 Å². The summed E-state index contributed by atoms with van der Waals surface area (Å²) < 4.78 is 36.8. The van der Waals surface area contributed by atoms with Crippen molar-refractivity contribution in [3.05, 3.63) is 42.6 Å². The van der Waals surface area contributed by atoms with Gasteiger partial charge in [0.05, 0.1) is 6.20 Å². The van der Waals surface area contributed by atoms with E-state index < -0.39 is 6.36 Å². The van der Waals surface area contributed by atoms with Crippen molar-refractivity contribution in [3.8, 4) is 0 Å². The third-order valence-electron chi connectivity index (χ3n) is 2.61. The maximum atomic E-state index is 12.3. The minimum absolute atomic E-state index is 0.311. The van der Waals surface area contributed by atoms with Gasteiger partial charge in [0.15, 0.2) is 0 Å². The first kappa shape index (κ1) is 10.9. The van der Waals surface area contributed by atoms with Gasteiger partial charge < -0.3 is 0 Å². The number of halogens is 3. The highest BCUT2D eigenvalue weighted by molar-refractivity contribution is 6.05. The lowest BCUT2D eigenvalue weighted by atomic mass is 10.1. The molecule has 0 aliphatic heterocycles. The molecular weight excluding hydrogens is 245 g/mol. The summed E-state index contributed by atoms with van der Waals surface area (Å²) in [5.74, 6) is 0. The van der Waals surface area contributed by atoms with Crippen molar-refractivity contribution in [2.24, 2.45) is 0 Å². The predicted octanol–water partition coefficient (Wildman–Crippen LogP) is 3.14. The molecule has 92 valence electrons. The van der Waals surface area contributed by atoms with Crippen molar-refractivity contribution in [3.63, 3.8) is 0 Å². The van der Waals surface area contributed by atoms with E-state index in [1.807, 2.05) is 18.2 Å². The Morgan fingerprint density at radius 2 is 1.72 bits per heavy atom. The van der Waals surface area contributed by atoms with Gasteiger partial charge in [0, 0.05) is 10.8 Å². The summed E-state index contributed by atoms with van der Waals surface area (Å²) in [5, 5.41) is 5.70. The fraction of sp³-hybridized carbons (Fsp3) is 0.0833. The molecular formula is C12H7F3N2O. The van der Waals surface area contributed by atoms with Crippen LogP contribution in [0.4, 0.5) is 13.2 Å². The molecule has 3 aromatic rings. The van der Waals surface area contributed by atoms with E-state index in [-0.39, 0.29) is 0 Å². The fourth-order valence-corrected chi connectivity index (χ4v) is 1.93. The zero-order valence-electron chi connectivity index (χ0n) is 8.98. The Bertz CT molecular complexity index is 718. The largest absolute Gasteiger partial charge is 0.593 e. The maximum absolute atomic E-state index is 12.3. The summed E-state index contributed by atoms with van der Waals surface area (Å²) in [7, 11) is 0. The van der Waals surface area contributed by atoms with E-state index in [4.69, 9.17) is 0 Å². The summed E-state index contributed by atoms with van der Waals surface area (Å²) >= 11 is 0. The van der Waals surface area contributed by atoms with Crippen LogP contribution in [0.5, 0.6) is 0 Å². The molecule has 18 heavy (non-hydrogen) atoms. The molecule has 0 radical (unpaired) electrons. The van der Waals surface area contributed by atoms with Crippen LogP contribution in [-0.4, -0.2) is 16.3 Å². The number of rotatable bonds is 1. The molecule has 0 aliphatic rings. The van der Waals surface area contributed by atoms with Crippen LogP contribution in [-0.2, 0) is 0 Å². The number of aromatic nitrogens is 2. The van der Waals surface area contributed by atoms with Gasteiger partial charge in [-0.25, -0.2) is 0 Å². The summed E-state index contributed by atoms with van der Waals surface area (Å²) in [6.07, 6.45) is -3.43. The first-order valence-corrected chi connectivity index (χ1v) is 5.16. The Kier molecular flexibility index (Phi) is 2.19. The predicted molar refractivity (Wildman–Crippen MR) is 59.9 cm³/mol. The molecule has 3 rings (SSSR count). The number of fused-ring (bicyclic) bond motifs is 3. The van der Waals surface area contributed by atoms with Crippen molar-refractivity contribution in [2.75, 3.05) is 0 Å². The Morgan fingerprint density at radius 3 is 2.50 bits per heavy atom. The molecule has 6 heteroatoms. The molecule has 2 aromatic carbocycles. The maximum Gasteiger partial charge on any atom is 0.593 e. The lowest BCUT2D eigenvalue weighted by molar-refractivity contribution is -0.326. The van der Waals surface area contributed by atoms with Gasteiger partial charge in [-0.3, -0.25) is 4.84 Å². The van der Waals surface area contributed by atoms with Crippen LogP contribution < -0.4 is 4.84 Å². The van der Waals surface area contributed by atoms with Crippen LogP contribution in [0.25, 0.3) is 21.7 Å². The Morgan fingerprint density at radius 1 is 1.00 bits per heavy atom. The normalized spacial score (nSPS) is 12.2. The fourth-order valence-electron chi connectivity index (χ4n) is 1.93. The number of hydrogen-bond donors (Lipinski definition) is 0. The quantitative estimate of drug-likeness (QED) is 0.665. The van der Waals surface area contributed by atoms with Gasteiger partial charge in [0.1, 0.15) is 5.52 Å². The number of alkyl halides is 3. The van der Waals surface area contributed by atoms with Crippen LogP contribution in [0.1, 0.15) is 0 Å². The van der Waals surface area contributed by atoms with Gasteiger partial charge in [0.25, 0.3) is 0 Å². The lowest BCUT2D eigenvalue weighted by Gasteiger charge is -2.09. The average molecular weight is 252 g/mol. The average Bonchev–Trinajstić information content (AvgIpc) is 2.70. The molecule has 0 spiro atoms. The minimum atomic E-state index is -4.77. The van der Waals surface area contributed by atoms with Crippen molar-refractivity contribution in [2.45, 2.75) is 6.36 Å². The molecule has 1 heterocycles. The topological polar surface area (TPSA) is 27.1 Å². The number of hydrogen-bond acceptors (Lipinski definition) is 2. The van der Waals surface area contributed by atoms with Gasteiger partial charge in [-0.15, -0.1) is 18.3 Å². The van der Waals surface area contributed by atoms with E-state index >= 15 is 0 Å². The number of nitrogens with zero attached hydrogens (tertiary/aromatic N) is 2.